The average molecular weight is 385 g/mol. The zero-order valence-electron chi connectivity index (χ0n) is 16.8. The molecular formula is C22H27NO5. The number of ether oxygens (including phenoxy) is 4. The van der Waals surface area contributed by atoms with E-state index in [2.05, 4.69) is 5.32 Å². The highest BCUT2D eigenvalue weighted by Gasteiger charge is 2.23. The Bertz CT molecular complexity index is 849. The number of carbonyl (C=O) groups excluding carboxylic acids is 1. The molecule has 28 heavy (non-hydrogen) atoms. The van der Waals surface area contributed by atoms with Gasteiger partial charge in [-0.2, -0.15) is 0 Å². The second-order valence-electron chi connectivity index (χ2n) is 6.64. The van der Waals surface area contributed by atoms with Crippen molar-refractivity contribution >= 4 is 11.6 Å². The third-order valence-corrected chi connectivity index (χ3v) is 4.55. The first kappa shape index (κ1) is 20.0. The molecule has 1 heterocycles. The minimum atomic E-state index is -0.229. The molecule has 0 bridgehead atoms. The molecule has 1 amide bonds. The van der Waals surface area contributed by atoms with Crippen molar-refractivity contribution in [2.24, 2.45) is 0 Å². The Labute approximate surface area is 165 Å². The zero-order valence-corrected chi connectivity index (χ0v) is 16.8. The summed E-state index contributed by atoms with van der Waals surface area (Å²) in [6.45, 7) is 7.35. The highest BCUT2D eigenvalue weighted by Crippen LogP contribution is 2.38. The van der Waals surface area contributed by atoms with Crippen molar-refractivity contribution in [3.63, 3.8) is 0 Å². The number of benzene rings is 2. The van der Waals surface area contributed by atoms with Gasteiger partial charge in [0.25, 0.3) is 5.91 Å². The van der Waals surface area contributed by atoms with Gasteiger partial charge in [-0.1, -0.05) is 0 Å². The lowest BCUT2D eigenvalue weighted by Gasteiger charge is -2.15. The number of nitrogens with one attached hydrogen (secondary N) is 1. The van der Waals surface area contributed by atoms with Crippen LogP contribution in [0.15, 0.2) is 30.3 Å². The fourth-order valence-electron chi connectivity index (χ4n) is 3.25. The van der Waals surface area contributed by atoms with Crippen molar-refractivity contribution in [3.8, 4) is 17.2 Å². The summed E-state index contributed by atoms with van der Waals surface area (Å²) in [6, 6.07) is 9.09. The van der Waals surface area contributed by atoms with Crippen LogP contribution in [0.1, 0.15) is 42.3 Å². The first-order valence-electron chi connectivity index (χ1n) is 9.58. The molecule has 0 saturated heterocycles. The highest BCUT2D eigenvalue weighted by molar-refractivity contribution is 6.05. The smallest absolute Gasteiger partial charge is 0.255 e. The molecule has 6 nitrogen and oxygen atoms in total. The molecule has 0 aliphatic carbocycles. The molecule has 0 aromatic heterocycles. The quantitative estimate of drug-likeness (QED) is 0.737. The van der Waals surface area contributed by atoms with Crippen LogP contribution >= 0.6 is 0 Å². The molecule has 3 rings (SSSR count). The van der Waals surface area contributed by atoms with Crippen molar-refractivity contribution < 1.29 is 23.7 Å². The van der Waals surface area contributed by atoms with E-state index in [0.717, 1.165) is 23.3 Å². The molecule has 2 aromatic carbocycles. The van der Waals surface area contributed by atoms with Gasteiger partial charge in [0.15, 0.2) is 0 Å². The fourth-order valence-corrected chi connectivity index (χ4v) is 3.25. The third kappa shape index (κ3) is 4.39. The summed E-state index contributed by atoms with van der Waals surface area (Å²) in [4.78, 5) is 12.9. The largest absolute Gasteiger partial charge is 0.496 e. The maximum atomic E-state index is 12.9. The molecule has 0 fully saturated rings. The zero-order chi connectivity index (χ0) is 20.1. The molecule has 1 aliphatic rings. The number of rotatable bonds is 8. The minimum absolute atomic E-state index is 0.123. The Hall–Kier alpha value is -2.73. The Balaban J connectivity index is 1.85. The van der Waals surface area contributed by atoms with E-state index in [9.17, 15) is 4.79 Å². The third-order valence-electron chi connectivity index (χ3n) is 4.55. The maximum Gasteiger partial charge on any atom is 0.255 e. The first-order valence-corrected chi connectivity index (χ1v) is 9.58. The van der Waals surface area contributed by atoms with Crippen LogP contribution in [0.4, 0.5) is 5.69 Å². The molecule has 0 saturated carbocycles. The Morgan fingerprint density at radius 3 is 2.71 bits per heavy atom. The van der Waals surface area contributed by atoms with Gasteiger partial charge in [-0.25, -0.2) is 0 Å². The summed E-state index contributed by atoms with van der Waals surface area (Å²) >= 11 is 0. The van der Waals surface area contributed by atoms with Crippen LogP contribution < -0.4 is 19.5 Å². The number of hydrogen-bond acceptors (Lipinski definition) is 5. The Morgan fingerprint density at radius 2 is 2.00 bits per heavy atom. The summed E-state index contributed by atoms with van der Waals surface area (Å²) < 4.78 is 22.4. The normalized spacial score (nSPS) is 14.9. The van der Waals surface area contributed by atoms with Gasteiger partial charge in [-0.3, -0.25) is 4.79 Å². The molecule has 1 atom stereocenters. The molecular weight excluding hydrogens is 358 g/mol. The topological polar surface area (TPSA) is 66.0 Å². The van der Waals surface area contributed by atoms with Crippen LogP contribution in [0, 0.1) is 0 Å². The van der Waals surface area contributed by atoms with Crippen LogP contribution in [0.5, 0.6) is 17.2 Å². The van der Waals surface area contributed by atoms with Gasteiger partial charge in [0.1, 0.15) is 23.4 Å². The van der Waals surface area contributed by atoms with E-state index >= 15 is 0 Å². The summed E-state index contributed by atoms with van der Waals surface area (Å²) in [7, 11) is 1.60. The second kappa shape index (κ2) is 8.97. The molecule has 2 aromatic rings. The lowest BCUT2D eigenvalue weighted by molar-refractivity contribution is 0.102. The molecule has 1 unspecified atom stereocenters. The van der Waals surface area contributed by atoms with Crippen LogP contribution in [-0.2, 0) is 17.8 Å². The van der Waals surface area contributed by atoms with E-state index in [1.165, 1.54) is 0 Å². The molecule has 6 heteroatoms. The van der Waals surface area contributed by atoms with Crippen molar-refractivity contribution in [1.29, 1.82) is 0 Å². The number of methoxy groups -OCH3 is 1. The monoisotopic (exact) mass is 385 g/mol. The van der Waals surface area contributed by atoms with Crippen LogP contribution in [0.3, 0.4) is 0 Å². The van der Waals surface area contributed by atoms with Crippen molar-refractivity contribution in [2.45, 2.75) is 39.9 Å². The number of amides is 1. The second-order valence-corrected chi connectivity index (χ2v) is 6.64. The number of fused-ring (bicyclic) bond motifs is 1. The van der Waals surface area contributed by atoms with E-state index in [-0.39, 0.29) is 12.0 Å². The highest BCUT2D eigenvalue weighted by atomic mass is 16.5. The average Bonchev–Trinajstić information content (AvgIpc) is 3.05. The minimum Gasteiger partial charge on any atom is -0.496 e. The molecule has 0 spiro atoms. The van der Waals surface area contributed by atoms with E-state index in [1.54, 1.807) is 25.3 Å². The lowest BCUT2D eigenvalue weighted by atomic mass is 10.1. The van der Waals surface area contributed by atoms with Gasteiger partial charge in [0, 0.05) is 35.8 Å². The van der Waals surface area contributed by atoms with Gasteiger partial charge in [0.05, 0.1) is 26.0 Å². The standard InChI is InChI=1S/C22H27NO5/c1-5-26-13-17-10-15(7-8-19(17)25-4)22(24)23-18-12-20-16(9-14(3)28-20)11-21(18)27-6-2/h7-8,10-12,14H,5-6,9,13H2,1-4H3,(H,23,24). The molecule has 1 aliphatic heterocycles. The fraction of sp³-hybridized carbons (Fsp3) is 0.409. The number of anilines is 1. The lowest BCUT2D eigenvalue weighted by Crippen LogP contribution is -2.14. The first-order chi connectivity index (χ1) is 13.5. The predicted octanol–water partition coefficient (Wildman–Crippen LogP) is 4.21. The summed E-state index contributed by atoms with van der Waals surface area (Å²) in [6.07, 6.45) is 0.959. The van der Waals surface area contributed by atoms with Crippen molar-refractivity contribution in [3.05, 3.63) is 47.0 Å². The van der Waals surface area contributed by atoms with Crippen LogP contribution in [0.2, 0.25) is 0 Å². The van der Waals surface area contributed by atoms with Crippen LogP contribution in [0.25, 0.3) is 0 Å². The Kier molecular flexibility index (Phi) is 6.41. The summed E-state index contributed by atoms with van der Waals surface area (Å²) in [5.74, 6) is 1.90. The Morgan fingerprint density at radius 1 is 1.18 bits per heavy atom. The van der Waals surface area contributed by atoms with Gasteiger partial charge in [-0.15, -0.1) is 0 Å². The molecule has 150 valence electrons. The number of hydrogen-bond donors (Lipinski definition) is 1. The molecule has 1 N–H and O–H groups in total. The van der Waals surface area contributed by atoms with Gasteiger partial charge >= 0.3 is 0 Å². The van der Waals surface area contributed by atoms with Gasteiger partial charge in [0.2, 0.25) is 0 Å². The predicted molar refractivity (Wildman–Crippen MR) is 108 cm³/mol. The van der Waals surface area contributed by atoms with Gasteiger partial charge < -0.3 is 24.3 Å². The summed E-state index contributed by atoms with van der Waals surface area (Å²) in [5.41, 5.74) is 3.04. The van der Waals surface area contributed by atoms with Crippen molar-refractivity contribution in [1.82, 2.24) is 0 Å². The van der Waals surface area contributed by atoms with Crippen LogP contribution in [-0.4, -0.2) is 32.3 Å². The van der Waals surface area contributed by atoms with Gasteiger partial charge in [-0.05, 0) is 45.0 Å². The summed E-state index contributed by atoms with van der Waals surface area (Å²) in [5, 5.41) is 2.95. The molecule has 0 radical (unpaired) electrons. The maximum absolute atomic E-state index is 12.9. The van der Waals surface area contributed by atoms with E-state index in [0.29, 0.717) is 42.6 Å². The van der Waals surface area contributed by atoms with Crippen molar-refractivity contribution in [2.75, 3.05) is 25.6 Å². The van der Waals surface area contributed by atoms with E-state index in [1.807, 2.05) is 32.9 Å². The number of carbonyl (C=O) groups is 1. The SMILES string of the molecule is CCOCc1cc(C(=O)Nc2cc3c(cc2OCC)CC(C)O3)ccc1OC. The van der Waals surface area contributed by atoms with E-state index in [4.69, 9.17) is 18.9 Å². The van der Waals surface area contributed by atoms with E-state index < -0.39 is 0 Å².